The minimum Gasteiger partial charge on any atom is -0.309 e. The Morgan fingerprint density at radius 3 is 2.11 bits per heavy atom. The number of hydrogen-bond acceptors (Lipinski definition) is 3. The van der Waals surface area contributed by atoms with E-state index in [0.717, 1.165) is 0 Å². The molecule has 3 nitrogen and oxygen atoms in total. The zero-order valence-corrected chi connectivity index (χ0v) is 9.49. The highest BCUT2D eigenvalue weighted by Crippen LogP contribution is 2.26. The van der Waals surface area contributed by atoms with Crippen molar-refractivity contribution in [1.82, 2.24) is 15.3 Å². The maximum Gasteiger partial charge on any atom is 0.134 e. The zero-order valence-electron chi connectivity index (χ0n) is 9.49. The van der Waals surface area contributed by atoms with E-state index in [1.165, 1.54) is 18.7 Å². The molecule has 0 aliphatic heterocycles. The lowest BCUT2D eigenvalue weighted by atomic mass is 10.00. The van der Waals surface area contributed by atoms with Crippen molar-refractivity contribution in [1.29, 1.82) is 0 Å². The van der Waals surface area contributed by atoms with Crippen LogP contribution in [0.25, 0.3) is 0 Å². The summed E-state index contributed by atoms with van der Waals surface area (Å²) in [6.45, 7) is 0. The SMILES string of the molecule is CNC(c1cncnc1)c1c(F)cc(F)cc1F. The van der Waals surface area contributed by atoms with Gasteiger partial charge in [0.1, 0.15) is 23.8 Å². The molecule has 1 heterocycles. The second-order valence-corrected chi connectivity index (χ2v) is 3.68. The first-order valence-electron chi connectivity index (χ1n) is 5.20. The predicted octanol–water partition coefficient (Wildman–Crippen LogP) is 2.20. The number of halogens is 3. The van der Waals surface area contributed by atoms with Gasteiger partial charge in [0.05, 0.1) is 6.04 Å². The standard InChI is InChI=1S/C12H10F3N3/c1-16-12(7-4-17-6-18-5-7)11-9(14)2-8(13)3-10(11)15/h2-6,12,16H,1H3. The average Bonchev–Trinajstić information content (AvgIpc) is 2.34. The number of aromatic nitrogens is 2. The second kappa shape index (κ2) is 5.14. The number of rotatable bonds is 3. The summed E-state index contributed by atoms with van der Waals surface area (Å²) in [5.41, 5.74) is 0.234. The molecule has 0 aliphatic rings. The highest BCUT2D eigenvalue weighted by Gasteiger charge is 2.22. The van der Waals surface area contributed by atoms with Crippen molar-refractivity contribution in [3.63, 3.8) is 0 Å². The first-order chi connectivity index (χ1) is 8.63. The number of nitrogens with one attached hydrogen (secondary N) is 1. The van der Waals surface area contributed by atoms with Crippen LogP contribution in [0.4, 0.5) is 13.2 Å². The molecule has 18 heavy (non-hydrogen) atoms. The summed E-state index contributed by atoms with van der Waals surface area (Å²) in [6.07, 6.45) is 4.19. The van der Waals surface area contributed by atoms with E-state index < -0.39 is 23.5 Å². The van der Waals surface area contributed by atoms with Gasteiger partial charge in [0.2, 0.25) is 0 Å². The van der Waals surface area contributed by atoms with Crippen LogP contribution in [0.1, 0.15) is 17.2 Å². The Bertz CT molecular complexity index is 523. The van der Waals surface area contributed by atoms with Gasteiger partial charge in [-0.05, 0) is 7.05 Å². The number of nitrogens with zero attached hydrogens (tertiary/aromatic N) is 2. The maximum absolute atomic E-state index is 13.7. The molecule has 0 spiro atoms. The molecule has 0 amide bonds. The zero-order chi connectivity index (χ0) is 13.1. The largest absolute Gasteiger partial charge is 0.309 e. The normalized spacial score (nSPS) is 12.4. The Labute approximate surface area is 102 Å². The molecule has 2 rings (SSSR count). The van der Waals surface area contributed by atoms with E-state index in [1.54, 1.807) is 7.05 Å². The molecule has 0 aliphatic carbocycles. The van der Waals surface area contributed by atoms with E-state index in [4.69, 9.17) is 0 Å². The van der Waals surface area contributed by atoms with Gasteiger partial charge < -0.3 is 5.32 Å². The lowest BCUT2D eigenvalue weighted by Crippen LogP contribution is -2.21. The van der Waals surface area contributed by atoms with Gasteiger partial charge in [-0.25, -0.2) is 23.1 Å². The summed E-state index contributed by atoms with van der Waals surface area (Å²) in [5.74, 6) is -2.85. The van der Waals surface area contributed by atoms with Crippen molar-refractivity contribution in [3.8, 4) is 0 Å². The molecule has 1 N–H and O–H groups in total. The maximum atomic E-state index is 13.7. The molecule has 1 aromatic heterocycles. The smallest absolute Gasteiger partial charge is 0.134 e. The van der Waals surface area contributed by atoms with Crippen LogP contribution in [-0.2, 0) is 0 Å². The van der Waals surface area contributed by atoms with Crippen LogP contribution in [0.3, 0.4) is 0 Å². The second-order valence-electron chi connectivity index (χ2n) is 3.68. The van der Waals surface area contributed by atoms with Gasteiger partial charge in [-0.2, -0.15) is 0 Å². The first-order valence-corrected chi connectivity index (χ1v) is 5.20. The van der Waals surface area contributed by atoms with Gasteiger partial charge in [0.15, 0.2) is 0 Å². The summed E-state index contributed by atoms with van der Waals surface area (Å²) in [5, 5.41) is 2.75. The molecular formula is C12H10F3N3. The summed E-state index contributed by atoms with van der Waals surface area (Å²) < 4.78 is 40.2. The molecular weight excluding hydrogens is 243 g/mol. The predicted molar refractivity (Wildman–Crippen MR) is 59.3 cm³/mol. The lowest BCUT2D eigenvalue weighted by Gasteiger charge is -2.17. The van der Waals surface area contributed by atoms with Gasteiger partial charge in [-0.3, -0.25) is 0 Å². The quantitative estimate of drug-likeness (QED) is 0.911. The molecule has 2 aromatic rings. The lowest BCUT2D eigenvalue weighted by molar-refractivity contribution is 0.499. The fraction of sp³-hybridized carbons (Fsp3) is 0.167. The number of benzene rings is 1. The molecule has 1 atom stereocenters. The average molecular weight is 253 g/mol. The fourth-order valence-electron chi connectivity index (χ4n) is 1.77. The monoisotopic (exact) mass is 253 g/mol. The van der Waals surface area contributed by atoms with Gasteiger partial charge in [-0.1, -0.05) is 0 Å². The van der Waals surface area contributed by atoms with Crippen LogP contribution < -0.4 is 5.32 Å². The third-order valence-electron chi connectivity index (χ3n) is 2.54. The Hall–Kier alpha value is -1.95. The molecule has 1 unspecified atom stereocenters. The summed E-state index contributed by atoms with van der Waals surface area (Å²) >= 11 is 0. The topological polar surface area (TPSA) is 37.8 Å². The summed E-state index contributed by atoms with van der Waals surface area (Å²) in [4.78, 5) is 7.57. The summed E-state index contributed by atoms with van der Waals surface area (Å²) in [7, 11) is 1.54. The highest BCUT2D eigenvalue weighted by atomic mass is 19.1. The molecule has 0 bridgehead atoms. The summed E-state index contributed by atoms with van der Waals surface area (Å²) in [6, 6.07) is 0.519. The van der Waals surface area contributed by atoms with E-state index in [1.807, 2.05) is 0 Å². The third-order valence-corrected chi connectivity index (χ3v) is 2.54. The van der Waals surface area contributed by atoms with E-state index in [2.05, 4.69) is 15.3 Å². The highest BCUT2D eigenvalue weighted by molar-refractivity contribution is 5.31. The Morgan fingerprint density at radius 2 is 1.61 bits per heavy atom. The van der Waals surface area contributed by atoms with Gasteiger partial charge in [0, 0.05) is 35.7 Å². The molecule has 94 valence electrons. The van der Waals surface area contributed by atoms with E-state index in [0.29, 0.717) is 17.7 Å². The molecule has 0 radical (unpaired) electrons. The van der Waals surface area contributed by atoms with Gasteiger partial charge >= 0.3 is 0 Å². The Balaban J connectivity index is 2.52. The van der Waals surface area contributed by atoms with E-state index >= 15 is 0 Å². The van der Waals surface area contributed by atoms with Gasteiger partial charge in [-0.15, -0.1) is 0 Å². The third kappa shape index (κ3) is 2.33. The molecule has 0 fully saturated rings. The number of hydrogen-bond donors (Lipinski definition) is 1. The Kier molecular flexibility index (Phi) is 3.57. The fourth-order valence-corrected chi connectivity index (χ4v) is 1.77. The first kappa shape index (κ1) is 12.5. The van der Waals surface area contributed by atoms with E-state index in [-0.39, 0.29) is 5.56 Å². The van der Waals surface area contributed by atoms with Crippen molar-refractivity contribution in [2.45, 2.75) is 6.04 Å². The van der Waals surface area contributed by atoms with Crippen LogP contribution in [0.15, 0.2) is 30.9 Å². The van der Waals surface area contributed by atoms with Crippen molar-refractivity contribution in [3.05, 3.63) is 59.4 Å². The van der Waals surface area contributed by atoms with Crippen molar-refractivity contribution < 1.29 is 13.2 Å². The molecule has 0 saturated heterocycles. The minimum atomic E-state index is -0.951. The van der Waals surface area contributed by atoms with Crippen molar-refractivity contribution in [2.24, 2.45) is 0 Å². The van der Waals surface area contributed by atoms with Crippen LogP contribution in [0, 0.1) is 17.5 Å². The Morgan fingerprint density at radius 1 is 1.06 bits per heavy atom. The molecule has 6 heteroatoms. The van der Waals surface area contributed by atoms with Crippen LogP contribution in [-0.4, -0.2) is 17.0 Å². The molecule has 1 aromatic carbocycles. The van der Waals surface area contributed by atoms with Crippen LogP contribution in [0.5, 0.6) is 0 Å². The van der Waals surface area contributed by atoms with Gasteiger partial charge in [0.25, 0.3) is 0 Å². The van der Waals surface area contributed by atoms with Crippen LogP contribution in [0.2, 0.25) is 0 Å². The van der Waals surface area contributed by atoms with Crippen molar-refractivity contribution in [2.75, 3.05) is 7.05 Å². The van der Waals surface area contributed by atoms with Crippen molar-refractivity contribution >= 4 is 0 Å². The minimum absolute atomic E-state index is 0.256. The van der Waals surface area contributed by atoms with E-state index in [9.17, 15) is 13.2 Å². The van der Waals surface area contributed by atoms with Crippen LogP contribution >= 0.6 is 0 Å². The molecule has 0 saturated carbocycles.